The smallest absolute Gasteiger partial charge is 0.301 e. The third kappa shape index (κ3) is 4.25. The summed E-state index contributed by atoms with van der Waals surface area (Å²) >= 11 is 0. The highest BCUT2D eigenvalue weighted by Crippen LogP contribution is 2.31. The van der Waals surface area contributed by atoms with Crippen LogP contribution in [0.4, 0.5) is 11.4 Å². The zero-order valence-electron chi connectivity index (χ0n) is 18.7. The highest BCUT2D eigenvalue weighted by molar-refractivity contribution is 7.90. The number of hydrogen-bond donors (Lipinski definition) is 2. The lowest BCUT2D eigenvalue weighted by Crippen LogP contribution is -2.47. The zero-order valence-corrected chi connectivity index (χ0v) is 19.5. The average molecular weight is 473 g/mol. The van der Waals surface area contributed by atoms with Gasteiger partial charge in [-0.25, -0.2) is 0 Å². The molecule has 0 radical (unpaired) electrons. The first-order chi connectivity index (χ1) is 16.4. The maximum atomic E-state index is 12.9. The van der Waals surface area contributed by atoms with Crippen LogP contribution in [0.15, 0.2) is 79.0 Å². The van der Waals surface area contributed by atoms with E-state index in [1.807, 2.05) is 49.4 Å². The number of hydrogen-bond acceptors (Lipinski definition) is 4. The molecule has 2 N–H and O–H groups in total. The Morgan fingerprint density at radius 1 is 1.03 bits per heavy atom. The van der Waals surface area contributed by atoms with Gasteiger partial charge in [-0.05, 0) is 66.8 Å². The number of benzene rings is 3. The topological polar surface area (TPSA) is 91.4 Å². The molecule has 2 heterocycles. The zero-order chi connectivity index (χ0) is 23.7. The summed E-state index contributed by atoms with van der Waals surface area (Å²) in [5, 5.41) is 5.10. The molecular formula is C26H24N4O3S. The molecule has 3 aromatic carbocycles. The fourth-order valence-electron chi connectivity index (χ4n) is 4.16. The van der Waals surface area contributed by atoms with Crippen molar-refractivity contribution in [2.24, 2.45) is 0 Å². The van der Waals surface area contributed by atoms with E-state index in [1.54, 1.807) is 30.5 Å². The lowest BCUT2D eigenvalue weighted by molar-refractivity contribution is 0.102. The number of amides is 1. The van der Waals surface area contributed by atoms with Gasteiger partial charge in [-0.3, -0.25) is 14.1 Å². The minimum absolute atomic E-state index is 0.271. The second-order valence-electron chi connectivity index (χ2n) is 8.24. The van der Waals surface area contributed by atoms with Gasteiger partial charge in [0.1, 0.15) is 0 Å². The molecule has 5 rings (SSSR count). The lowest BCUT2D eigenvalue weighted by Gasteiger charge is -2.28. The van der Waals surface area contributed by atoms with Gasteiger partial charge >= 0.3 is 10.2 Å². The SMILES string of the molecule is Cc1ccc(NC(=O)c2ccc(N3CCCNS3(=O)=O)cc2)cc1-c1nccc2ccccc12. The van der Waals surface area contributed by atoms with Crippen LogP contribution in [0.1, 0.15) is 22.3 Å². The molecular weight excluding hydrogens is 448 g/mol. The number of nitrogens with one attached hydrogen (secondary N) is 2. The monoisotopic (exact) mass is 472 g/mol. The molecule has 0 unspecified atom stereocenters. The largest absolute Gasteiger partial charge is 0.322 e. The molecule has 7 nitrogen and oxygen atoms in total. The van der Waals surface area contributed by atoms with Crippen molar-refractivity contribution in [3.63, 3.8) is 0 Å². The van der Waals surface area contributed by atoms with Crippen molar-refractivity contribution < 1.29 is 13.2 Å². The number of carbonyl (C=O) groups excluding carboxylic acids is 1. The van der Waals surface area contributed by atoms with Gasteiger partial charge in [0.05, 0.1) is 11.4 Å². The number of aromatic nitrogens is 1. The van der Waals surface area contributed by atoms with E-state index < -0.39 is 10.2 Å². The van der Waals surface area contributed by atoms with Crippen LogP contribution >= 0.6 is 0 Å². The number of nitrogens with zero attached hydrogens (tertiary/aromatic N) is 2. The Bertz CT molecular complexity index is 1480. The Labute approximate surface area is 198 Å². The van der Waals surface area contributed by atoms with Gasteiger partial charge in [-0.2, -0.15) is 13.1 Å². The first-order valence-corrected chi connectivity index (χ1v) is 12.5. The number of anilines is 2. The molecule has 1 saturated heterocycles. The van der Waals surface area contributed by atoms with Crippen molar-refractivity contribution in [3.05, 3.63) is 90.1 Å². The van der Waals surface area contributed by atoms with E-state index in [0.29, 0.717) is 30.0 Å². The Morgan fingerprint density at radius 3 is 2.62 bits per heavy atom. The van der Waals surface area contributed by atoms with Gasteiger partial charge in [0, 0.05) is 41.5 Å². The molecule has 1 aromatic heterocycles. The third-order valence-corrected chi connectivity index (χ3v) is 7.50. The summed E-state index contributed by atoms with van der Waals surface area (Å²) < 4.78 is 28.3. The van der Waals surface area contributed by atoms with Crippen molar-refractivity contribution in [1.29, 1.82) is 0 Å². The van der Waals surface area contributed by atoms with Gasteiger partial charge in [0.25, 0.3) is 5.91 Å². The summed E-state index contributed by atoms with van der Waals surface area (Å²) in [6.07, 6.45) is 2.52. The van der Waals surface area contributed by atoms with Crippen LogP contribution in [0.2, 0.25) is 0 Å². The van der Waals surface area contributed by atoms with Crippen molar-refractivity contribution >= 4 is 38.3 Å². The van der Waals surface area contributed by atoms with Crippen LogP contribution in [0, 0.1) is 6.92 Å². The van der Waals surface area contributed by atoms with E-state index in [-0.39, 0.29) is 5.91 Å². The minimum atomic E-state index is -3.53. The first-order valence-electron chi connectivity index (χ1n) is 11.1. The van der Waals surface area contributed by atoms with Crippen molar-refractivity contribution in [2.45, 2.75) is 13.3 Å². The Kier molecular flexibility index (Phi) is 5.77. The van der Waals surface area contributed by atoms with Crippen LogP contribution < -0.4 is 14.3 Å². The van der Waals surface area contributed by atoms with Crippen LogP contribution in [-0.2, 0) is 10.2 Å². The van der Waals surface area contributed by atoms with Crippen molar-refractivity contribution in [1.82, 2.24) is 9.71 Å². The number of aryl methyl sites for hydroxylation is 1. The van der Waals surface area contributed by atoms with Gasteiger partial charge in [-0.1, -0.05) is 30.3 Å². The van der Waals surface area contributed by atoms with E-state index in [0.717, 1.165) is 34.0 Å². The number of fused-ring (bicyclic) bond motifs is 1. The molecule has 0 bridgehead atoms. The molecule has 1 fully saturated rings. The van der Waals surface area contributed by atoms with E-state index in [2.05, 4.69) is 21.1 Å². The highest BCUT2D eigenvalue weighted by atomic mass is 32.2. The van der Waals surface area contributed by atoms with Crippen LogP contribution in [0.5, 0.6) is 0 Å². The standard InChI is InChI=1S/C26H24N4O3S/c1-18-7-10-21(17-24(18)25-23-6-3-2-5-19(23)13-15-27-25)29-26(31)20-8-11-22(12-9-20)30-16-4-14-28-34(30,32)33/h2-3,5-13,15,17,28H,4,14,16H2,1H3,(H,29,31). The van der Waals surface area contributed by atoms with Gasteiger partial charge in [0.2, 0.25) is 0 Å². The lowest BCUT2D eigenvalue weighted by atomic mass is 9.99. The molecule has 1 aliphatic heterocycles. The fraction of sp³-hybridized carbons (Fsp3) is 0.154. The molecule has 0 saturated carbocycles. The number of rotatable bonds is 4. The number of pyridine rings is 1. The van der Waals surface area contributed by atoms with E-state index in [4.69, 9.17) is 0 Å². The molecule has 4 aromatic rings. The summed E-state index contributed by atoms with van der Waals surface area (Å²) in [4.78, 5) is 17.5. The maximum Gasteiger partial charge on any atom is 0.301 e. The van der Waals surface area contributed by atoms with Gasteiger partial charge in [0.15, 0.2) is 0 Å². The number of carbonyl (C=O) groups is 1. The predicted molar refractivity (Wildman–Crippen MR) is 135 cm³/mol. The van der Waals surface area contributed by atoms with E-state index in [1.165, 1.54) is 4.31 Å². The van der Waals surface area contributed by atoms with E-state index in [9.17, 15) is 13.2 Å². The van der Waals surface area contributed by atoms with Crippen molar-refractivity contribution in [3.8, 4) is 11.3 Å². The Balaban J connectivity index is 1.39. The summed E-state index contributed by atoms with van der Waals surface area (Å²) in [5.41, 5.74) is 4.51. The maximum absolute atomic E-state index is 12.9. The van der Waals surface area contributed by atoms with Crippen LogP contribution in [0.25, 0.3) is 22.0 Å². The molecule has 34 heavy (non-hydrogen) atoms. The molecule has 0 aliphatic carbocycles. The molecule has 172 valence electrons. The third-order valence-electron chi connectivity index (χ3n) is 5.95. The second-order valence-corrected chi connectivity index (χ2v) is 9.92. The molecule has 0 atom stereocenters. The molecule has 1 aliphatic rings. The average Bonchev–Trinajstić information content (AvgIpc) is 2.85. The first kappa shape index (κ1) is 22.1. The highest BCUT2D eigenvalue weighted by Gasteiger charge is 2.25. The molecule has 8 heteroatoms. The minimum Gasteiger partial charge on any atom is -0.322 e. The molecule has 0 spiro atoms. The summed E-state index contributed by atoms with van der Waals surface area (Å²) in [6.45, 7) is 2.87. The quantitative estimate of drug-likeness (QED) is 0.457. The second kappa shape index (κ2) is 8.89. The van der Waals surface area contributed by atoms with Gasteiger partial charge in [-0.15, -0.1) is 0 Å². The Hall–Kier alpha value is -3.75. The van der Waals surface area contributed by atoms with Crippen LogP contribution in [-0.4, -0.2) is 32.4 Å². The van der Waals surface area contributed by atoms with Crippen LogP contribution in [0.3, 0.4) is 0 Å². The van der Waals surface area contributed by atoms with E-state index >= 15 is 0 Å². The summed E-state index contributed by atoms with van der Waals surface area (Å²) in [7, 11) is -3.53. The fourth-order valence-corrected chi connectivity index (χ4v) is 5.49. The molecule has 1 amide bonds. The predicted octanol–water partition coefficient (Wildman–Crippen LogP) is 4.51. The summed E-state index contributed by atoms with van der Waals surface area (Å²) in [6, 6.07) is 22.4. The normalized spacial score (nSPS) is 15.3. The van der Waals surface area contributed by atoms with Crippen molar-refractivity contribution in [2.75, 3.05) is 22.7 Å². The summed E-state index contributed by atoms with van der Waals surface area (Å²) in [5.74, 6) is -0.271. The van der Waals surface area contributed by atoms with Gasteiger partial charge < -0.3 is 5.32 Å². The Morgan fingerprint density at radius 2 is 1.82 bits per heavy atom.